The zero-order valence-electron chi connectivity index (χ0n) is 12.1. The van der Waals surface area contributed by atoms with E-state index in [2.05, 4.69) is 0 Å². The van der Waals surface area contributed by atoms with Crippen molar-refractivity contribution in [1.29, 1.82) is 0 Å². The average Bonchev–Trinajstić information content (AvgIpc) is 2.50. The number of rotatable bonds is 9. The molecule has 0 bridgehead atoms. The fourth-order valence-electron chi connectivity index (χ4n) is 1.57. The van der Waals surface area contributed by atoms with Crippen LogP contribution >= 0.6 is 7.60 Å². The fourth-order valence-corrected chi connectivity index (χ4v) is 3.33. The Bertz CT molecular complexity index is 492. The normalized spacial score (nSPS) is 13.1. The third-order valence-corrected chi connectivity index (χ3v) is 4.63. The first-order chi connectivity index (χ1) is 9.94. The Kier molecular flexibility index (Phi) is 6.98. The van der Waals surface area contributed by atoms with Gasteiger partial charge in [0.1, 0.15) is 0 Å². The van der Waals surface area contributed by atoms with Gasteiger partial charge in [-0.3, -0.25) is 14.7 Å². The van der Waals surface area contributed by atoms with Crippen LogP contribution in [0.5, 0.6) is 0 Å². The number of aliphatic hydroxyl groups excluding tert-OH is 1. The Hall–Kier alpha value is -1.27. The third-order valence-electron chi connectivity index (χ3n) is 2.65. The maximum absolute atomic E-state index is 12.6. The number of aliphatic hydroxyl groups is 1. The summed E-state index contributed by atoms with van der Waals surface area (Å²) in [7, 11) is -3.72. The van der Waals surface area contributed by atoms with E-state index < -0.39 is 18.4 Å². The largest absolute Gasteiger partial charge is 0.376 e. The number of nitro groups is 1. The van der Waals surface area contributed by atoms with Crippen molar-refractivity contribution in [1.82, 2.24) is 0 Å². The van der Waals surface area contributed by atoms with E-state index in [1.165, 1.54) is 24.3 Å². The topological polar surface area (TPSA) is 98.9 Å². The Labute approximate surface area is 123 Å². The number of non-ortho nitro benzene ring substituents is 1. The minimum absolute atomic E-state index is 0.107. The Balaban J connectivity index is 2.95. The summed E-state index contributed by atoms with van der Waals surface area (Å²) in [6, 6.07) is 5.17. The van der Waals surface area contributed by atoms with Crippen molar-refractivity contribution < 1.29 is 23.6 Å². The third kappa shape index (κ3) is 4.89. The molecule has 0 amide bonds. The monoisotopic (exact) mass is 317 g/mol. The predicted molar refractivity (Wildman–Crippen MR) is 78.1 cm³/mol. The summed E-state index contributed by atoms with van der Waals surface area (Å²) in [4.78, 5) is 10.1. The Morgan fingerprint density at radius 2 is 1.67 bits per heavy atom. The maximum atomic E-state index is 12.6. The molecule has 1 N–H and O–H groups in total. The lowest BCUT2D eigenvalue weighted by Crippen LogP contribution is -2.07. The lowest BCUT2D eigenvalue weighted by Gasteiger charge is -2.23. The van der Waals surface area contributed by atoms with Crippen molar-refractivity contribution in [3.8, 4) is 0 Å². The molecule has 0 aromatic heterocycles. The van der Waals surface area contributed by atoms with Crippen molar-refractivity contribution >= 4 is 13.3 Å². The number of nitrogens with zero attached hydrogens (tertiary/aromatic N) is 1. The second kappa shape index (κ2) is 8.24. The standard InChI is InChI=1S/C13H20NO6P/c1-3-9-19-21(18,20-10-4-2)13(15)11-5-7-12(8-6-11)14(16)17/h5-8,13,15H,3-4,9-10H2,1-2H3/t13-/m0/s1. The van der Waals surface area contributed by atoms with Crippen LogP contribution in [0.15, 0.2) is 24.3 Å². The molecule has 118 valence electrons. The molecule has 0 saturated heterocycles. The van der Waals surface area contributed by atoms with Gasteiger partial charge in [0.05, 0.1) is 18.1 Å². The van der Waals surface area contributed by atoms with Gasteiger partial charge < -0.3 is 14.2 Å². The highest BCUT2D eigenvalue weighted by molar-refractivity contribution is 7.54. The second-order valence-electron chi connectivity index (χ2n) is 4.43. The molecule has 1 atom stereocenters. The number of benzene rings is 1. The first kappa shape index (κ1) is 17.8. The van der Waals surface area contributed by atoms with E-state index in [1.807, 2.05) is 13.8 Å². The fraction of sp³-hybridized carbons (Fsp3) is 0.538. The van der Waals surface area contributed by atoms with Crippen LogP contribution in [0.4, 0.5) is 5.69 Å². The molecule has 1 aromatic rings. The minimum atomic E-state index is -3.72. The molecule has 0 spiro atoms. The Morgan fingerprint density at radius 3 is 2.05 bits per heavy atom. The molecule has 0 unspecified atom stereocenters. The summed E-state index contributed by atoms with van der Waals surface area (Å²) < 4.78 is 23.1. The molecule has 0 fully saturated rings. The van der Waals surface area contributed by atoms with Crippen molar-refractivity contribution in [2.45, 2.75) is 32.5 Å². The molecular weight excluding hydrogens is 297 g/mol. The van der Waals surface area contributed by atoms with Crippen LogP contribution < -0.4 is 0 Å². The molecule has 0 aliphatic heterocycles. The summed E-state index contributed by atoms with van der Waals surface area (Å²) in [6.45, 7) is 4.10. The highest BCUT2D eigenvalue weighted by atomic mass is 31.2. The Morgan fingerprint density at radius 1 is 1.19 bits per heavy atom. The molecule has 0 heterocycles. The van der Waals surface area contributed by atoms with E-state index in [1.54, 1.807) is 0 Å². The van der Waals surface area contributed by atoms with Crippen molar-refractivity contribution in [3.63, 3.8) is 0 Å². The summed E-state index contributed by atoms with van der Waals surface area (Å²) >= 11 is 0. The summed E-state index contributed by atoms with van der Waals surface area (Å²) in [5.41, 5.74) is 0.154. The molecular formula is C13H20NO6P. The molecule has 1 rings (SSSR count). The van der Waals surface area contributed by atoms with Gasteiger partial charge in [0.15, 0.2) is 5.85 Å². The van der Waals surface area contributed by atoms with Gasteiger partial charge in [-0.25, -0.2) is 0 Å². The van der Waals surface area contributed by atoms with E-state index in [0.29, 0.717) is 12.8 Å². The molecule has 21 heavy (non-hydrogen) atoms. The van der Waals surface area contributed by atoms with Gasteiger partial charge in [0, 0.05) is 12.1 Å². The first-order valence-corrected chi connectivity index (χ1v) is 8.37. The quantitative estimate of drug-likeness (QED) is 0.424. The summed E-state index contributed by atoms with van der Waals surface area (Å²) in [5.74, 6) is -1.46. The van der Waals surface area contributed by atoms with Gasteiger partial charge in [-0.05, 0) is 30.5 Å². The zero-order chi connectivity index (χ0) is 15.9. The molecule has 1 aromatic carbocycles. The molecule has 0 saturated carbocycles. The van der Waals surface area contributed by atoms with E-state index in [4.69, 9.17) is 9.05 Å². The van der Waals surface area contributed by atoms with Crippen LogP contribution in [0.25, 0.3) is 0 Å². The first-order valence-electron chi connectivity index (χ1n) is 6.75. The molecule has 0 aliphatic carbocycles. The van der Waals surface area contributed by atoms with Gasteiger partial charge in [0.25, 0.3) is 5.69 Å². The highest BCUT2D eigenvalue weighted by Crippen LogP contribution is 2.59. The van der Waals surface area contributed by atoms with Gasteiger partial charge >= 0.3 is 7.60 Å². The van der Waals surface area contributed by atoms with Crippen LogP contribution in [0, 0.1) is 10.1 Å². The number of hydrogen-bond donors (Lipinski definition) is 1. The maximum Gasteiger partial charge on any atom is 0.363 e. The van der Waals surface area contributed by atoms with Gasteiger partial charge in [-0.15, -0.1) is 0 Å². The van der Waals surface area contributed by atoms with E-state index in [0.717, 1.165) is 0 Å². The molecule has 0 aliphatic rings. The smallest absolute Gasteiger partial charge is 0.363 e. The lowest BCUT2D eigenvalue weighted by molar-refractivity contribution is -0.384. The van der Waals surface area contributed by atoms with Gasteiger partial charge in [0.2, 0.25) is 0 Å². The summed E-state index contributed by atoms with van der Waals surface area (Å²) in [5, 5.41) is 20.8. The van der Waals surface area contributed by atoms with Crippen molar-refractivity contribution in [3.05, 3.63) is 39.9 Å². The van der Waals surface area contributed by atoms with E-state index in [9.17, 15) is 19.8 Å². The lowest BCUT2D eigenvalue weighted by atomic mass is 10.2. The van der Waals surface area contributed by atoms with Crippen LogP contribution in [-0.4, -0.2) is 23.2 Å². The SMILES string of the molecule is CCCOP(=O)(OCCC)[C@H](O)c1ccc([N+](=O)[O-])cc1. The minimum Gasteiger partial charge on any atom is -0.376 e. The second-order valence-corrected chi connectivity index (χ2v) is 6.51. The van der Waals surface area contributed by atoms with Crippen LogP contribution in [0.1, 0.15) is 38.1 Å². The predicted octanol–water partition coefficient (Wildman–Crippen LogP) is 3.63. The number of nitro benzene ring substituents is 1. The van der Waals surface area contributed by atoms with Gasteiger partial charge in [-0.1, -0.05) is 13.8 Å². The molecule has 0 radical (unpaired) electrons. The van der Waals surface area contributed by atoms with E-state index in [-0.39, 0.29) is 24.5 Å². The van der Waals surface area contributed by atoms with Crippen LogP contribution in [-0.2, 0) is 13.6 Å². The van der Waals surface area contributed by atoms with Crippen LogP contribution in [0.3, 0.4) is 0 Å². The number of hydrogen-bond acceptors (Lipinski definition) is 6. The highest BCUT2D eigenvalue weighted by Gasteiger charge is 2.35. The van der Waals surface area contributed by atoms with Crippen LogP contribution in [0.2, 0.25) is 0 Å². The van der Waals surface area contributed by atoms with Crippen molar-refractivity contribution in [2.75, 3.05) is 13.2 Å². The molecule has 7 nitrogen and oxygen atoms in total. The summed E-state index contributed by atoms with van der Waals surface area (Å²) in [6.07, 6.45) is 1.26. The zero-order valence-corrected chi connectivity index (χ0v) is 13.0. The van der Waals surface area contributed by atoms with Gasteiger partial charge in [-0.2, -0.15) is 0 Å². The molecule has 8 heteroatoms. The average molecular weight is 317 g/mol. The van der Waals surface area contributed by atoms with Crippen molar-refractivity contribution in [2.24, 2.45) is 0 Å². The van der Waals surface area contributed by atoms with E-state index >= 15 is 0 Å².